The van der Waals surface area contributed by atoms with Crippen molar-refractivity contribution in [2.75, 3.05) is 13.1 Å². The van der Waals surface area contributed by atoms with Crippen molar-refractivity contribution in [3.05, 3.63) is 29.6 Å². The molecule has 25 heavy (non-hydrogen) atoms. The molecular formula is C18H24N4O3. The average molecular weight is 344 g/mol. The van der Waals surface area contributed by atoms with E-state index in [-0.39, 0.29) is 0 Å². The molecule has 3 heterocycles. The summed E-state index contributed by atoms with van der Waals surface area (Å²) in [5, 5.41) is 15.1. The third kappa shape index (κ3) is 3.48. The van der Waals surface area contributed by atoms with Crippen LogP contribution in [0.3, 0.4) is 0 Å². The van der Waals surface area contributed by atoms with Crippen molar-refractivity contribution in [3.63, 3.8) is 0 Å². The molecule has 0 bridgehead atoms. The van der Waals surface area contributed by atoms with Crippen molar-refractivity contribution < 1.29 is 14.0 Å². The molecule has 1 atom stereocenters. The topological polar surface area (TPSA) is 88.4 Å². The van der Waals surface area contributed by atoms with Crippen molar-refractivity contribution in [2.24, 2.45) is 0 Å². The van der Waals surface area contributed by atoms with E-state index in [4.69, 9.17) is 8.94 Å². The van der Waals surface area contributed by atoms with Crippen LogP contribution >= 0.6 is 0 Å². The minimum atomic E-state index is -0.822. The Balaban J connectivity index is 1.22. The zero-order valence-electron chi connectivity index (χ0n) is 14.4. The maximum absolute atomic E-state index is 11.0. The van der Waals surface area contributed by atoms with Crippen LogP contribution in [0.15, 0.2) is 15.1 Å². The van der Waals surface area contributed by atoms with Crippen LogP contribution in [-0.4, -0.2) is 43.8 Å². The summed E-state index contributed by atoms with van der Waals surface area (Å²) in [6.45, 7) is 2.17. The quantitative estimate of drug-likeness (QED) is 0.860. The van der Waals surface area contributed by atoms with Gasteiger partial charge in [0.1, 0.15) is 5.76 Å². The molecule has 2 saturated carbocycles. The molecule has 1 N–H and O–H groups in total. The van der Waals surface area contributed by atoms with Crippen LogP contribution in [-0.2, 0) is 13.0 Å². The number of aliphatic hydroxyl groups is 1. The third-order valence-corrected chi connectivity index (χ3v) is 5.45. The van der Waals surface area contributed by atoms with Gasteiger partial charge in [-0.15, -0.1) is 0 Å². The second-order valence-corrected chi connectivity index (χ2v) is 7.97. The number of piperidine rings is 1. The number of oxazole rings is 1. The van der Waals surface area contributed by atoms with Gasteiger partial charge in [0, 0.05) is 18.4 Å². The summed E-state index contributed by atoms with van der Waals surface area (Å²) in [5.41, 5.74) is -0.822. The van der Waals surface area contributed by atoms with Gasteiger partial charge in [0.05, 0.1) is 24.8 Å². The first-order valence-electron chi connectivity index (χ1n) is 9.39. The van der Waals surface area contributed by atoms with Gasteiger partial charge >= 0.3 is 0 Å². The molecule has 2 aromatic heterocycles. The zero-order chi connectivity index (χ0) is 16.9. The molecular weight excluding hydrogens is 320 g/mol. The smallest absolute Gasteiger partial charge is 0.229 e. The van der Waals surface area contributed by atoms with Crippen molar-refractivity contribution in [2.45, 2.75) is 68.9 Å². The summed E-state index contributed by atoms with van der Waals surface area (Å²) in [6.07, 6.45) is 8.70. The molecule has 5 rings (SSSR count). The van der Waals surface area contributed by atoms with E-state index in [0.717, 1.165) is 49.7 Å². The number of rotatable bonds is 6. The number of hydrogen-bond donors (Lipinski definition) is 1. The highest BCUT2D eigenvalue weighted by atomic mass is 16.5. The lowest BCUT2D eigenvalue weighted by molar-refractivity contribution is -0.0392. The molecule has 3 fully saturated rings. The van der Waals surface area contributed by atoms with Crippen molar-refractivity contribution in [3.8, 4) is 0 Å². The van der Waals surface area contributed by atoms with E-state index >= 15 is 0 Å². The fourth-order valence-electron chi connectivity index (χ4n) is 3.76. The molecule has 3 aliphatic rings. The van der Waals surface area contributed by atoms with Gasteiger partial charge in [0.15, 0.2) is 5.82 Å². The monoisotopic (exact) mass is 344 g/mol. The van der Waals surface area contributed by atoms with Crippen LogP contribution in [0.5, 0.6) is 0 Å². The van der Waals surface area contributed by atoms with Crippen LogP contribution in [0, 0.1) is 0 Å². The Bertz CT molecular complexity index is 749. The maximum Gasteiger partial charge on any atom is 0.229 e. The van der Waals surface area contributed by atoms with E-state index in [1.807, 2.05) is 6.20 Å². The first kappa shape index (κ1) is 15.5. The van der Waals surface area contributed by atoms with Gasteiger partial charge in [-0.05, 0) is 45.1 Å². The summed E-state index contributed by atoms with van der Waals surface area (Å²) in [5.74, 6) is 4.18. The maximum atomic E-state index is 11.0. The van der Waals surface area contributed by atoms with Crippen molar-refractivity contribution in [1.82, 2.24) is 20.0 Å². The molecule has 1 saturated heterocycles. The molecule has 1 unspecified atom stereocenters. The summed E-state index contributed by atoms with van der Waals surface area (Å²) in [7, 11) is 0. The summed E-state index contributed by atoms with van der Waals surface area (Å²) in [4.78, 5) is 11.1. The minimum Gasteiger partial charge on any atom is -0.444 e. The lowest BCUT2D eigenvalue weighted by Gasteiger charge is -2.37. The Morgan fingerprint density at radius 1 is 1.20 bits per heavy atom. The molecule has 134 valence electrons. The number of aromatic nitrogens is 3. The number of nitrogens with zero attached hydrogens (tertiary/aromatic N) is 4. The largest absolute Gasteiger partial charge is 0.444 e. The van der Waals surface area contributed by atoms with Crippen molar-refractivity contribution in [1.29, 1.82) is 0 Å². The van der Waals surface area contributed by atoms with Gasteiger partial charge in [-0.3, -0.25) is 4.90 Å². The zero-order valence-corrected chi connectivity index (χ0v) is 14.4. The fraction of sp³-hybridized carbons (Fsp3) is 0.722. The van der Waals surface area contributed by atoms with Gasteiger partial charge in [0.25, 0.3) is 0 Å². The Morgan fingerprint density at radius 3 is 2.84 bits per heavy atom. The van der Waals surface area contributed by atoms with Crippen LogP contribution in [0.4, 0.5) is 0 Å². The van der Waals surface area contributed by atoms with E-state index in [2.05, 4.69) is 20.0 Å². The number of likely N-dealkylation sites (tertiary alicyclic amines) is 1. The highest BCUT2D eigenvalue weighted by Gasteiger charge is 2.37. The summed E-state index contributed by atoms with van der Waals surface area (Å²) >= 11 is 0. The van der Waals surface area contributed by atoms with Crippen LogP contribution in [0.25, 0.3) is 0 Å². The fourth-order valence-corrected chi connectivity index (χ4v) is 3.76. The Hall–Kier alpha value is -1.73. The van der Waals surface area contributed by atoms with Crippen LogP contribution in [0.2, 0.25) is 0 Å². The van der Waals surface area contributed by atoms with Gasteiger partial charge in [0.2, 0.25) is 11.8 Å². The van der Waals surface area contributed by atoms with Gasteiger partial charge in [-0.25, -0.2) is 4.98 Å². The minimum absolute atomic E-state index is 0.419. The van der Waals surface area contributed by atoms with E-state index in [1.54, 1.807) is 0 Å². The Kier molecular flexibility index (Phi) is 3.67. The molecule has 0 aromatic carbocycles. The van der Waals surface area contributed by atoms with Crippen molar-refractivity contribution >= 4 is 0 Å². The first-order chi connectivity index (χ1) is 12.2. The van der Waals surface area contributed by atoms with E-state index in [0.29, 0.717) is 37.2 Å². The SMILES string of the molecule is OC1(Cc2nc(C3CC3)no2)CCCN(Cc2ncc(C3CC3)o2)C1. The van der Waals surface area contributed by atoms with E-state index < -0.39 is 5.60 Å². The molecule has 0 radical (unpaired) electrons. The highest BCUT2D eigenvalue weighted by Crippen LogP contribution is 2.40. The lowest BCUT2D eigenvalue weighted by Crippen LogP contribution is -2.49. The van der Waals surface area contributed by atoms with Gasteiger partial charge in [-0.2, -0.15) is 4.98 Å². The molecule has 2 aliphatic carbocycles. The predicted octanol–water partition coefficient (Wildman–Crippen LogP) is 2.38. The van der Waals surface area contributed by atoms with Crippen LogP contribution < -0.4 is 0 Å². The molecule has 7 nitrogen and oxygen atoms in total. The van der Waals surface area contributed by atoms with Crippen LogP contribution in [0.1, 0.15) is 73.7 Å². The molecule has 1 aliphatic heterocycles. The summed E-state index contributed by atoms with van der Waals surface area (Å²) < 4.78 is 11.2. The Morgan fingerprint density at radius 2 is 2.04 bits per heavy atom. The Labute approximate surface area is 146 Å². The second kappa shape index (κ2) is 5.92. The standard InChI is InChI=1S/C18H24N4O3/c23-18(8-15-20-17(21-25-15)13-4-5-13)6-1-7-22(11-18)10-16-19-9-14(24-16)12-2-3-12/h9,12-13,23H,1-8,10-11H2. The van der Waals surface area contributed by atoms with Gasteiger partial charge in [-0.1, -0.05) is 5.16 Å². The molecule has 0 amide bonds. The molecule has 2 aromatic rings. The summed E-state index contributed by atoms with van der Waals surface area (Å²) in [6, 6.07) is 0. The number of hydrogen-bond acceptors (Lipinski definition) is 7. The first-order valence-corrected chi connectivity index (χ1v) is 9.39. The van der Waals surface area contributed by atoms with E-state index in [1.165, 1.54) is 12.8 Å². The molecule has 7 heteroatoms. The average Bonchev–Trinajstić information content (AvgIpc) is 3.51. The predicted molar refractivity (Wildman–Crippen MR) is 87.9 cm³/mol. The molecule has 0 spiro atoms. The normalized spacial score (nSPS) is 27.7. The third-order valence-electron chi connectivity index (χ3n) is 5.45. The van der Waals surface area contributed by atoms with Gasteiger partial charge < -0.3 is 14.0 Å². The van der Waals surface area contributed by atoms with E-state index in [9.17, 15) is 5.11 Å². The number of β-amino-alcohol motifs (C(OH)–C–C–N with tert-alkyl or cyclic N) is 1. The highest BCUT2D eigenvalue weighted by molar-refractivity contribution is 5.09. The lowest BCUT2D eigenvalue weighted by atomic mass is 9.89. The second-order valence-electron chi connectivity index (χ2n) is 7.97.